The number of amides is 1. The lowest BCUT2D eigenvalue weighted by molar-refractivity contribution is -0.122. The molecule has 0 heterocycles. The second-order valence-corrected chi connectivity index (χ2v) is 4.30. The molecule has 0 radical (unpaired) electrons. The number of halogens is 1. The number of carbonyl (C=O) groups is 1. The average Bonchev–Trinajstić information content (AvgIpc) is 2.52. The smallest absolute Gasteiger partial charge is 0.257 e. The van der Waals surface area contributed by atoms with Crippen molar-refractivity contribution in [1.29, 1.82) is 0 Å². The molecule has 2 aromatic carbocycles. The Kier molecular flexibility index (Phi) is 4.77. The van der Waals surface area contributed by atoms with Crippen LogP contribution in [0.4, 0.5) is 4.39 Å². The summed E-state index contributed by atoms with van der Waals surface area (Å²) in [5, 5.41) is 2.46. The topological polar surface area (TPSA) is 47.6 Å². The van der Waals surface area contributed by atoms with Gasteiger partial charge in [-0.05, 0) is 29.8 Å². The van der Waals surface area contributed by atoms with Crippen LogP contribution in [0.15, 0.2) is 42.5 Å². The number of likely N-dealkylation sites (N-methyl/N-ethyl adjacent to an activating group) is 1. The fraction of sp³-hybridized carbons (Fsp3) is 0.188. The van der Waals surface area contributed by atoms with E-state index in [4.69, 9.17) is 9.47 Å². The summed E-state index contributed by atoms with van der Waals surface area (Å²) in [7, 11) is 3.04. The summed E-state index contributed by atoms with van der Waals surface area (Å²) in [5.41, 5.74) is 1.08. The van der Waals surface area contributed by atoms with Crippen LogP contribution in [0.1, 0.15) is 0 Å². The summed E-state index contributed by atoms with van der Waals surface area (Å²) in [6, 6.07) is 11.5. The lowest BCUT2D eigenvalue weighted by Crippen LogP contribution is -2.24. The van der Waals surface area contributed by atoms with E-state index in [0.717, 1.165) is 0 Å². The molecule has 0 saturated heterocycles. The molecule has 1 amide bonds. The molecule has 0 spiro atoms. The molecule has 0 aliphatic rings. The number of carbonyl (C=O) groups excluding carboxylic acids is 1. The van der Waals surface area contributed by atoms with Gasteiger partial charge in [-0.25, -0.2) is 4.39 Å². The minimum atomic E-state index is -0.353. The van der Waals surface area contributed by atoms with Crippen LogP contribution in [0.2, 0.25) is 0 Å². The number of ether oxygens (including phenoxy) is 2. The third kappa shape index (κ3) is 3.51. The zero-order valence-electron chi connectivity index (χ0n) is 11.9. The van der Waals surface area contributed by atoms with Crippen LogP contribution in [0, 0.1) is 5.82 Å². The van der Waals surface area contributed by atoms with Gasteiger partial charge in [0.1, 0.15) is 17.3 Å². The van der Waals surface area contributed by atoms with E-state index in [1.807, 2.05) is 0 Å². The van der Waals surface area contributed by atoms with Crippen molar-refractivity contribution in [3.8, 4) is 22.6 Å². The van der Waals surface area contributed by atoms with Gasteiger partial charge in [0.2, 0.25) is 0 Å². The minimum Gasteiger partial charge on any atom is -0.496 e. The Morgan fingerprint density at radius 3 is 2.52 bits per heavy atom. The molecule has 0 saturated carbocycles. The van der Waals surface area contributed by atoms with Crippen molar-refractivity contribution in [3.63, 3.8) is 0 Å². The molecule has 1 N–H and O–H groups in total. The standard InChI is InChI=1S/C16H16FNO3/c1-18-15(19)10-21-12-8-6-11(7-9-12)16-13(17)4-3-5-14(16)20-2/h3-9H,10H2,1-2H3,(H,18,19). The van der Waals surface area contributed by atoms with Gasteiger partial charge in [-0.15, -0.1) is 0 Å². The van der Waals surface area contributed by atoms with E-state index in [2.05, 4.69) is 5.32 Å². The van der Waals surface area contributed by atoms with Gasteiger partial charge in [0.15, 0.2) is 6.61 Å². The molecule has 5 heteroatoms. The summed E-state index contributed by atoms with van der Waals surface area (Å²) in [4.78, 5) is 11.1. The normalized spacial score (nSPS) is 10.0. The van der Waals surface area contributed by atoms with Gasteiger partial charge in [0.05, 0.1) is 12.7 Å². The van der Waals surface area contributed by atoms with Crippen LogP contribution in [-0.4, -0.2) is 26.7 Å². The third-order valence-corrected chi connectivity index (χ3v) is 2.99. The Balaban J connectivity index is 2.21. The molecule has 0 fully saturated rings. The molecule has 110 valence electrons. The van der Waals surface area contributed by atoms with Crippen LogP contribution in [0.3, 0.4) is 0 Å². The van der Waals surface area contributed by atoms with Crippen molar-refractivity contribution < 1.29 is 18.7 Å². The third-order valence-electron chi connectivity index (χ3n) is 2.99. The SMILES string of the molecule is CNC(=O)COc1ccc(-c2c(F)cccc2OC)cc1. The molecule has 4 nitrogen and oxygen atoms in total. The molecule has 0 atom stereocenters. The molecule has 0 bridgehead atoms. The van der Waals surface area contributed by atoms with Crippen molar-refractivity contribution in [2.45, 2.75) is 0 Å². The quantitative estimate of drug-likeness (QED) is 0.920. The highest BCUT2D eigenvalue weighted by Gasteiger charge is 2.11. The predicted molar refractivity (Wildman–Crippen MR) is 77.9 cm³/mol. The van der Waals surface area contributed by atoms with Crippen LogP contribution in [-0.2, 0) is 4.79 Å². The van der Waals surface area contributed by atoms with Gasteiger partial charge in [-0.3, -0.25) is 4.79 Å². The fourth-order valence-electron chi connectivity index (χ4n) is 1.89. The van der Waals surface area contributed by atoms with Crippen molar-refractivity contribution in [1.82, 2.24) is 5.32 Å². The van der Waals surface area contributed by atoms with Gasteiger partial charge in [-0.2, -0.15) is 0 Å². The number of methoxy groups -OCH3 is 1. The van der Waals surface area contributed by atoms with E-state index in [1.165, 1.54) is 13.2 Å². The lowest BCUT2D eigenvalue weighted by atomic mass is 10.0. The van der Waals surface area contributed by atoms with Gasteiger partial charge < -0.3 is 14.8 Å². The molecule has 2 aromatic rings. The number of benzene rings is 2. The Morgan fingerprint density at radius 2 is 1.90 bits per heavy atom. The van der Waals surface area contributed by atoms with Crippen LogP contribution >= 0.6 is 0 Å². The van der Waals surface area contributed by atoms with Crippen LogP contribution in [0.5, 0.6) is 11.5 Å². The molecule has 0 aliphatic carbocycles. The van der Waals surface area contributed by atoms with Gasteiger partial charge in [0.25, 0.3) is 5.91 Å². The summed E-state index contributed by atoms with van der Waals surface area (Å²) >= 11 is 0. The summed E-state index contributed by atoms with van der Waals surface area (Å²) < 4.78 is 24.4. The van der Waals surface area contributed by atoms with Crippen LogP contribution in [0.25, 0.3) is 11.1 Å². The maximum atomic E-state index is 14.0. The average molecular weight is 289 g/mol. The first-order chi connectivity index (χ1) is 10.2. The zero-order chi connectivity index (χ0) is 15.2. The number of rotatable bonds is 5. The summed E-state index contributed by atoms with van der Waals surface area (Å²) in [5.74, 6) is 0.440. The maximum Gasteiger partial charge on any atom is 0.257 e. The largest absolute Gasteiger partial charge is 0.496 e. The second kappa shape index (κ2) is 6.74. The van der Waals surface area contributed by atoms with Gasteiger partial charge in [-0.1, -0.05) is 18.2 Å². The first kappa shape index (κ1) is 14.8. The number of nitrogens with one attached hydrogen (secondary N) is 1. The number of hydrogen-bond acceptors (Lipinski definition) is 3. The monoisotopic (exact) mass is 289 g/mol. The Hall–Kier alpha value is -2.56. The number of hydrogen-bond donors (Lipinski definition) is 1. The van der Waals surface area contributed by atoms with E-state index < -0.39 is 0 Å². The highest BCUT2D eigenvalue weighted by atomic mass is 19.1. The van der Waals surface area contributed by atoms with E-state index >= 15 is 0 Å². The second-order valence-electron chi connectivity index (χ2n) is 4.30. The molecular weight excluding hydrogens is 273 g/mol. The molecule has 2 rings (SSSR count). The Labute approximate surface area is 122 Å². The molecule has 0 aliphatic heterocycles. The van der Waals surface area contributed by atoms with E-state index in [9.17, 15) is 9.18 Å². The highest BCUT2D eigenvalue weighted by molar-refractivity contribution is 5.77. The Bertz CT molecular complexity index is 626. The van der Waals surface area contributed by atoms with Crippen molar-refractivity contribution in [2.75, 3.05) is 20.8 Å². The highest BCUT2D eigenvalue weighted by Crippen LogP contribution is 2.33. The van der Waals surface area contributed by atoms with E-state index in [1.54, 1.807) is 43.4 Å². The molecule has 0 aromatic heterocycles. The predicted octanol–water partition coefficient (Wildman–Crippen LogP) is 2.63. The first-order valence-electron chi connectivity index (χ1n) is 6.42. The zero-order valence-corrected chi connectivity index (χ0v) is 11.9. The summed E-state index contributed by atoms with van der Waals surface area (Å²) in [6.07, 6.45) is 0. The van der Waals surface area contributed by atoms with Gasteiger partial charge in [0, 0.05) is 7.05 Å². The van der Waals surface area contributed by atoms with Crippen molar-refractivity contribution in [3.05, 3.63) is 48.3 Å². The van der Waals surface area contributed by atoms with Gasteiger partial charge >= 0.3 is 0 Å². The van der Waals surface area contributed by atoms with E-state index in [0.29, 0.717) is 22.6 Å². The fourth-order valence-corrected chi connectivity index (χ4v) is 1.89. The Morgan fingerprint density at radius 1 is 1.19 bits per heavy atom. The summed E-state index contributed by atoms with van der Waals surface area (Å²) in [6.45, 7) is -0.0567. The molecule has 0 unspecified atom stereocenters. The van der Waals surface area contributed by atoms with Crippen molar-refractivity contribution in [2.24, 2.45) is 0 Å². The first-order valence-corrected chi connectivity index (χ1v) is 6.42. The lowest BCUT2D eigenvalue weighted by Gasteiger charge is -2.10. The molecule has 21 heavy (non-hydrogen) atoms. The van der Waals surface area contributed by atoms with E-state index in [-0.39, 0.29) is 18.3 Å². The molecular formula is C16H16FNO3. The van der Waals surface area contributed by atoms with Crippen LogP contribution < -0.4 is 14.8 Å². The minimum absolute atomic E-state index is 0.0567. The maximum absolute atomic E-state index is 14.0. The van der Waals surface area contributed by atoms with Crippen molar-refractivity contribution >= 4 is 5.91 Å².